The Hall–Kier alpha value is -9.18. The first kappa shape index (κ1) is 67.4. The first-order valence-electron chi connectivity index (χ1n) is 37.7. The van der Waals surface area contributed by atoms with E-state index < -0.39 is 0 Å². The van der Waals surface area contributed by atoms with Gasteiger partial charge < -0.3 is 14.4 Å². The molecule has 498 valence electrons. The highest BCUT2D eigenvalue weighted by Crippen LogP contribution is 2.56. The van der Waals surface area contributed by atoms with Gasteiger partial charge in [0.1, 0.15) is 0 Å². The number of unbranched alkanes of at least 4 members (excludes halogenated alkanes) is 18. The molecule has 12 aromatic rings. The molecule has 1 aliphatic rings. The molecule has 0 N–H and O–H groups in total. The SMILES string of the molecule is CCCCCCCCCCCCC1(CCCCCCCCCCCC)c2cc(C)c(C)cc2-c2cc(C)c(-c3ccc(N(c4ccc(C)cc4)c4ccc(-c5ccc6c7ccccc7n(-c7ccc(-c8ccc(N(c9ccccc9)c9ccccc9)cc8)cc7)c6c5)cc4)cc3)cc21. The Kier molecular flexibility index (Phi) is 22.0. The fourth-order valence-electron chi connectivity index (χ4n) is 16.1. The molecule has 98 heavy (non-hydrogen) atoms. The lowest BCUT2D eigenvalue weighted by Gasteiger charge is -2.34. The second kappa shape index (κ2) is 32.0. The minimum Gasteiger partial charge on any atom is -0.311 e. The van der Waals surface area contributed by atoms with Gasteiger partial charge in [0, 0.05) is 56.0 Å². The van der Waals surface area contributed by atoms with Crippen molar-refractivity contribution in [3.05, 3.63) is 282 Å². The Bertz CT molecular complexity index is 4470. The van der Waals surface area contributed by atoms with Crippen molar-refractivity contribution in [3.63, 3.8) is 0 Å². The number of benzene rings is 11. The van der Waals surface area contributed by atoms with Crippen molar-refractivity contribution in [2.75, 3.05) is 9.80 Å². The fourth-order valence-corrected chi connectivity index (χ4v) is 16.1. The molecule has 0 aliphatic heterocycles. The van der Waals surface area contributed by atoms with Crippen molar-refractivity contribution in [1.29, 1.82) is 0 Å². The molecule has 0 saturated heterocycles. The van der Waals surface area contributed by atoms with Crippen molar-refractivity contribution in [1.82, 2.24) is 4.57 Å². The van der Waals surface area contributed by atoms with Gasteiger partial charge >= 0.3 is 0 Å². The van der Waals surface area contributed by atoms with Crippen LogP contribution in [0.1, 0.15) is 188 Å². The second-order valence-electron chi connectivity index (χ2n) is 28.6. The Morgan fingerprint density at radius 2 is 0.643 bits per heavy atom. The molecule has 0 unspecified atom stereocenters. The molecule has 13 rings (SSSR count). The second-order valence-corrected chi connectivity index (χ2v) is 28.6. The Labute approximate surface area is 587 Å². The molecule has 0 fully saturated rings. The van der Waals surface area contributed by atoms with E-state index in [-0.39, 0.29) is 5.41 Å². The quantitative estimate of drug-likeness (QED) is 0.0389. The van der Waals surface area contributed by atoms with Crippen LogP contribution in [0.25, 0.3) is 72.0 Å². The molecule has 0 bridgehead atoms. The van der Waals surface area contributed by atoms with Gasteiger partial charge in [0.15, 0.2) is 0 Å². The highest BCUT2D eigenvalue weighted by molar-refractivity contribution is 6.10. The largest absolute Gasteiger partial charge is 0.311 e. The number of hydrogen-bond acceptors (Lipinski definition) is 2. The summed E-state index contributed by atoms with van der Waals surface area (Å²) >= 11 is 0. The Morgan fingerprint density at radius 1 is 0.276 bits per heavy atom. The van der Waals surface area contributed by atoms with E-state index in [4.69, 9.17) is 0 Å². The summed E-state index contributed by atoms with van der Waals surface area (Å²) in [5.41, 5.74) is 29.3. The minimum atomic E-state index is 0.0165. The summed E-state index contributed by atoms with van der Waals surface area (Å²) in [5, 5.41) is 2.49. The summed E-state index contributed by atoms with van der Waals surface area (Å²) in [6.07, 6.45) is 29.7. The zero-order valence-corrected chi connectivity index (χ0v) is 59.6. The molecule has 1 aromatic heterocycles. The van der Waals surface area contributed by atoms with Gasteiger partial charge in [-0.15, -0.1) is 0 Å². The van der Waals surface area contributed by atoms with E-state index in [0.717, 1.165) is 39.8 Å². The zero-order valence-electron chi connectivity index (χ0n) is 59.6. The molecule has 1 heterocycles. The number of nitrogens with zero attached hydrogens (tertiary/aromatic N) is 3. The molecular weight excluding hydrogens is 1180 g/mol. The molecule has 0 radical (unpaired) electrons. The Balaban J connectivity index is 0.772. The minimum absolute atomic E-state index is 0.0165. The van der Waals surface area contributed by atoms with Crippen molar-refractivity contribution in [2.45, 2.75) is 188 Å². The monoisotopic (exact) mass is 1290 g/mol. The van der Waals surface area contributed by atoms with Crippen LogP contribution in [-0.2, 0) is 5.41 Å². The Morgan fingerprint density at radius 3 is 1.14 bits per heavy atom. The van der Waals surface area contributed by atoms with E-state index in [0.29, 0.717) is 0 Å². The number of para-hydroxylation sites is 3. The van der Waals surface area contributed by atoms with E-state index >= 15 is 0 Å². The number of fused-ring (bicyclic) bond motifs is 6. The van der Waals surface area contributed by atoms with Gasteiger partial charge in [-0.2, -0.15) is 0 Å². The predicted molar refractivity (Wildman–Crippen MR) is 425 cm³/mol. The van der Waals surface area contributed by atoms with Crippen LogP contribution < -0.4 is 9.80 Å². The number of anilines is 6. The van der Waals surface area contributed by atoms with Crippen LogP contribution in [0.5, 0.6) is 0 Å². The van der Waals surface area contributed by atoms with E-state index in [1.807, 2.05) is 0 Å². The number of rotatable bonds is 32. The normalized spacial score (nSPS) is 12.3. The molecule has 1 aliphatic carbocycles. The van der Waals surface area contributed by atoms with E-state index in [1.165, 1.54) is 230 Å². The van der Waals surface area contributed by atoms with Crippen LogP contribution in [0.4, 0.5) is 34.1 Å². The van der Waals surface area contributed by atoms with E-state index in [9.17, 15) is 0 Å². The summed E-state index contributed by atoms with van der Waals surface area (Å²) in [6.45, 7) is 13.9. The molecule has 3 heteroatoms. The summed E-state index contributed by atoms with van der Waals surface area (Å²) in [4.78, 5) is 4.74. The molecule has 0 spiro atoms. The number of aromatic nitrogens is 1. The molecule has 11 aromatic carbocycles. The fraction of sp³-hybridized carbons (Fsp3) is 0.305. The summed E-state index contributed by atoms with van der Waals surface area (Å²) in [5.74, 6) is 0. The summed E-state index contributed by atoms with van der Waals surface area (Å²) < 4.78 is 2.44. The van der Waals surface area contributed by atoms with Gasteiger partial charge in [-0.3, -0.25) is 0 Å². The first-order chi connectivity index (χ1) is 48.2. The number of hydrogen-bond donors (Lipinski definition) is 0. The van der Waals surface area contributed by atoms with Gasteiger partial charge in [-0.1, -0.05) is 293 Å². The van der Waals surface area contributed by atoms with Crippen LogP contribution in [0.3, 0.4) is 0 Å². The third-order valence-corrected chi connectivity index (χ3v) is 21.7. The molecule has 0 amide bonds. The maximum absolute atomic E-state index is 2.67. The summed E-state index contributed by atoms with van der Waals surface area (Å²) in [7, 11) is 0. The van der Waals surface area contributed by atoms with Crippen LogP contribution >= 0.6 is 0 Å². The van der Waals surface area contributed by atoms with Crippen molar-refractivity contribution in [3.8, 4) is 50.2 Å². The topological polar surface area (TPSA) is 11.4 Å². The van der Waals surface area contributed by atoms with E-state index in [1.54, 1.807) is 11.1 Å². The van der Waals surface area contributed by atoms with Crippen LogP contribution in [0.2, 0.25) is 0 Å². The van der Waals surface area contributed by atoms with E-state index in [2.05, 4.69) is 305 Å². The van der Waals surface area contributed by atoms with Crippen LogP contribution in [-0.4, -0.2) is 4.57 Å². The highest BCUT2D eigenvalue weighted by Gasteiger charge is 2.43. The average molecular weight is 1290 g/mol. The smallest absolute Gasteiger partial charge is 0.0547 e. The molecule has 3 nitrogen and oxygen atoms in total. The van der Waals surface area contributed by atoms with Crippen LogP contribution in [0, 0.1) is 27.7 Å². The molecule has 0 atom stereocenters. The van der Waals surface area contributed by atoms with Crippen LogP contribution in [0.15, 0.2) is 249 Å². The molecule has 0 saturated carbocycles. The standard InChI is InChI=1S/C95H103N3/c1-7-9-11-13-15-17-19-21-23-33-63-95(64-34-24-22-20-18-16-14-12-10-8-2)91-67-72(5)71(4)65-89(91)90-66-73(6)88(69-92(90)95)77-49-60-84(61-50-77)97(81-52-41-70(3)42-53-81)83-56-47-76(48-57-83)78-51-62-87-86-39-31-32-40-93(86)98(94(87)68-78)85-58-45-75(46-59-85)74-43-54-82(55-44-74)96(79-35-27-25-28-36-79)80-37-29-26-30-38-80/h25-32,35-62,65-69H,7-24,33-34,63-64H2,1-6H3. The lowest BCUT2D eigenvalue weighted by atomic mass is 9.69. The van der Waals surface area contributed by atoms with Crippen molar-refractivity contribution < 1.29 is 0 Å². The lowest BCUT2D eigenvalue weighted by molar-refractivity contribution is 0.396. The van der Waals surface area contributed by atoms with Gasteiger partial charge in [0.25, 0.3) is 0 Å². The maximum Gasteiger partial charge on any atom is 0.0547 e. The molecular formula is C95H103N3. The maximum atomic E-state index is 2.67. The van der Waals surface area contributed by atoms with Crippen molar-refractivity contribution in [2.24, 2.45) is 0 Å². The van der Waals surface area contributed by atoms with Gasteiger partial charge in [-0.05, 0) is 216 Å². The third kappa shape index (κ3) is 14.9. The predicted octanol–water partition coefficient (Wildman–Crippen LogP) is 28.8. The van der Waals surface area contributed by atoms with Gasteiger partial charge in [0.2, 0.25) is 0 Å². The van der Waals surface area contributed by atoms with Crippen molar-refractivity contribution >= 4 is 55.9 Å². The van der Waals surface area contributed by atoms with Gasteiger partial charge in [0.05, 0.1) is 11.0 Å². The zero-order chi connectivity index (χ0) is 67.2. The van der Waals surface area contributed by atoms with Gasteiger partial charge in [-0.25, -0.2) is 0 Å². The first-order valence-corrected chi connectivity index (χ1v) is 37.7. The highest BCUT2D eigenvalue weighted by atomic mass is 15.1. The summed E-state index contributed by atoms with van der Waals surface area (Å²) in [6, 6.07) is 93.3. The lowest BCUT2D eigenvalue weighted by Crippen LogP contribution is -2.26. The average Bonchev–Trinajstić information content (AvgIpc) is 1.56. The third-order valence-electron chi connectivity index (χ3n) is 21.7. The number of aryl methyl sites for hydroxylation is 4.